The van der Waals surface area contributed by atoms with Crippen LogP contribution in [0, 0.1) is 0 Å². The lowest BCUT2D eigenvalue weighted by atomic mass is 10.1. The summed E-state index contributed by atoms with van der Waals surface area (Å²) >= 11 is 1.86. The number of likely N-dealkylation sites (N-methyl/N-ethyl adjacent to an activating group) is 1. The Balaban J connectivity index is 0.00000112. The van der Waals surface area contributed by atoms with Gasteiger partial charge in [0.05, 0.1) is 0 Å². The van der Waals surface area contributed by atoms with Crippen molar-refractivity contribution in [2.45, 2.75) is 25.4 Å². The monoisotopic (exact) mass is 246 g/mol. The van der Waals surface area contributed by atoms with Crippen LogP contribution < -0.4 is 5.32 Å². The molecule has 0 radical (unpaired) electrons. The molecule has 1 aliphatic heterocycles. The van der Waals surface area contributed by atoms with Crippen molar-refractivity contribution < 1.29 is 0 Å². The van der Waals surface area contributed by atoms with Crippen molar-refractivity contribution in [2.24, 2.45) is 0 Å². The lowest BCUT2D eigenvalue weighted by molar-refractivity contribution is 0.199. The normalized spacial score (nSPS) is 22.7. The van der Waals surface area contributed by atoms with Gasteiger partial charge in [-0.05, 0) is 38.4 Å². The topological polar surface area (TPSA) is 15.3 Å². The zero-order valence-corrected chi connectivity index (χ0v) is 10.9. The molecule has 0 amide bonds. The van der Waals surface area contributed by atoms with Gasteiger partial charge in [-0.2, -0.15) is 0 Å². The molecule has 2 nitrogen and oxygen atoms in total. The highest BCUT2D eigenvalue weighted by atomic mass is 35.5. The van der Waals surface area contributed by atoms with E-state index in [9.17, 15) is 0 Å². The number of rotatable bonds is 3. The Morgan fingerprint density at radius 2 is 2.40 bits per heavy atom. The molecule has 86 valence electrons. The SMILES string of the molecule is CC(c1cccs1)N(C)[C@@H]1CCNC1.Cl. The number of hydrogen-bond acceptors (Lipinski definition) is 3. The van der Waals surface area contributed by atoms with Crippen LogP contribution in [0.15, 0.2) is 17.5 Å². The van der Waals surface area contributed by atoms with Crippen LogP contribution in [-0.4, -0.2) is 31.1 Å². The standard InChI is InChI=1S/C11H18N2S.ClH/c1-9(11-4-3-7-14-11)13(2)10-5-6-12-8-10;/h3-4,7,9-10,12H,5-6,8H2,1-2H3;1H/t9?,10-;/m1./s1. The van der Waals surface area contributed by atoms with Crippen LogP contribution in [0.1, 0.15) is 24.3 Å². The molecular formula is C11H19ClN2S. The molecule has 1 aromatic rings. The fourth-order valence-electron chi connectivity index (χ4n) is 2.03. The largest absolute Gasteiger partial charge is 0.315 e. The number of halogens is 1. The second-order valence-corrected chi connectivity index (χ2v) is 4.98. The van der Waals surface area contributed by atoms with Crippen LogP contribution in [0.2, 0.25) is 0 Å². The Morgan fingerprint density at radius 1 is 1.60 bits per heavy atom. The molecule has 2 atom stereocenters. The lowest BCUT2D eigenvalue weighted by Gasteiger charge is -2.29. The summed E-state index contributed by atoms with van der Waals surface area (Å²) < 4.78 is 0. The number of nitrogens with zero attached hydrogens (tertiary/aromatic N) is 1. The average molecular weight is 247 g/mol. The van der Waals surface area contributed by atoms with Crippen LogP contribution in [0.3, 0.4) is 0 Å². The van der Waals surface area contributed by atoms with Crippen LogP contribution in [-0.2, 0) is 0 Å². The third-order valence-corrected chi connectivity index (χ3v) is 4.22. The predicted octanol–water partition coefficient (Wildman–Crippen LogP) is 2.52. The fraction of sp³-hybridized carbons (Fsp3) is 0.636. The molecule has 0 aromatic carbocycles. The minimum Gasteiger partial charge on any atom is -0.315 e. The van der Waals surface area contributed by atoms with Crippen LogP contribution in [0.4, 0.5) is 0 Å². The van der Waals surface area contributed by atoms with Gasteiger partial charge in [0, 0.05) is 23.5 Å². The predicted molar refractivity (Wildman–Crippen MR) is 69.0 cm³/mol. The van der Waals surface area contributed by atoms with Gasteiger partial charge < -0.3 is 5.32 Å². The molecule has 1 aromatic heterocycles. The fourth-order valence-corrected chi connectivity index (χ4v) is 2.87. The first-order valence-corrected chi connectivity index (χ1v) is 6.13. The van der Waals surface area contributed by atoms with E-state index in [0.29, 0.717) is 12.1 Å². The summed E-state index contributed by atoms with van der Waals surface area (Å²) in [5.41, 5.74) is 0. The van der Waals surface area contributed by atoms with Gasteiger partial charge in [0.15, 0.2) is 0 Å². The quantitative estimate of drug-likeness (QED) is 0.882. The first-order valence-electron chi connectivity index (χ1n) is 5.25. The molecule has 1 N–H and O–H groups in total. The maximum absolute atomic E-state index is 3.42. The second kappa shape index (κ2) is 5.85. The zero-order valence-electron chi connectivity index (χ0n) is 9.27. The minimum atomic E-state index is 0. The summed E-state index contributed by atoms with van der Waals surface area (Å²) in [4.78, 5) is 3.96. The maximum atomic E-state index is 3.42. The molecule has 2 heterocycles. The number of hydrogen-bond donors (Lipinski definition) is 1. The maximum Gasteiger partial charge on any atom is 0.0413 e. The average Bonchev–Trinajstić information content (AvgIpc) is 2.87. The van der Waals surface area contributed by atoms with Crippen LogP contribution in [0.5, 0.6) is 0 Å². The van der Waals surface area contributed by atoms with Crippen molar-refractivity contribution in [3.05, 3.63) is 22.4 Å². The van der Waals surface area contributed by atoms with Crippen molar-refractivity contribution >= 4 is 23.7 Å². The molecule has 2 rings (SSSR count). The van der Waals surface area contributed by atoms with Crippen molar-refractivity contribution in [3.63, 3.8) is 0 Å². The molecule has 0 aliphatic carbocycles. The molecule has 0 saturated carbocycles. The molecular weight excluding hydrogens is 228 g/mol. The molecule has 4 heteroatoms. The smallest absolute Gasteiger partial charge is 0.0413 e. The van der Waals surface area contributed by atoms with Crippen molar-refractivity contribution in [1.82, 2.24) is 10.2 Å². The zero-order chi connectivity index (χ0) is 9.97. The van der Waals surface area contributed by atoms with E-state index in [2.05, 4.69) is 41.7 Å². The molecule has 1 saturated heterocycles. The lowest BCUT2D eigenvalue weighted by Crippen LogP contribution is -2.35. The Hall–Kier alpha value is -0.0900. The minimum absolute atomic E-state index is 0. The highest BCUT2D eigenvalue weighted by Crippen LogP contribution is 2.26. The molecule has 1 aliphatic rings. The van der Waals surface area contributed by atoms with Crippen molar-refractivity contribution in [3.8, 4) is 0 Å². The van der Waals surface area contributed by atoms with E-state index in [1.807, 2.05) is 11.3 Å². The van der Waals surface area contributed by atoms with Gasteiger partial charge in [-0.1, -0.05) is 6.07 Å². The first kappa shape index (κ1) is 13.0. The molecule has 0 spiro atoms. The van der Waals surface area contributed by atoms with E-state index in [4.69, 9.17) is 0 Å². The number of nitrogens with one attached hydrogen (secondary N) is 1. The summed E-state index contributed by atoms with van der Waals surface area (Å²) in [5.74, 6) is 0. The van der Waals surface area contributed by atoms with Crippen molar-refractivity contribution in [2.75, 3.05) is 20.1 Å². The molecule has 1 fully saturated rings. The van der Waals surface area contributed by atoms with Crippen LogP contribution >= 0.6 is 23.7 Å². The Kier molecular flexibility index (Phi) is 5.06. The second-order valence-electron chi connectivity index (χ2n) is 4.00. The highest BCUT2D eigenvalue weighted by Gasteiger charge is 2.23. The van der Waals surface area contributed by atoms with E-state index >= 15 is 0 Å². The van der Waals surface area contributed by atoms with E-state index in [1.165, 1.54) is 17.8 Å². The third kappa shape index (κ3) is 2.94. The summed E-state index contributed by atoms with van der Waals surface area (Å²) in [7, 11) is 2.24. The first-order chi connectivity index (χ1) is 6.79. The Morgan fingerprint density at radius 3 is 2.93 bits per heavy atom. The Labute approximate surface area is 102 Å². The van der Waals surface area contributed by atoms with Gasteiger partial charge in [0.1, 0.15) is 0 Å². The summed E-state index contributed by atoms with van der Waals surface area (Å²) in [6.45, 7) is 4.61. The van der Waals surface area contributed by atoms with E-state index in [-0.39, 0.29) is 12.4 Å². The van der Waals surface area contributed by atoms with E-state index in [1.54, 1.807) is 0 Å². The van der Waals surface area contributed by atoms with Gasteiger partial charge in [0.2, 0.25) is 0 Å². The van der Waals surface area contributed by atoms with E-state index in [0.717, 1.165) is 6.54 Å². The third-order valence-electron chi connectivity index (χ3n) is 3.18. The van der Waals surface area contributed by atoms with Crippen LogP contribution in [0.25, 0.3) is 0 Å². The Bertz CT molecular complexity index is 270. The van der Waals surface area contributed by atoms with Gasteiger partial charge >= 0.3 is 0 Å². The van der Waals surface area contributed by atoms with Gasteiger partial charge in [0.25, 0.3) is 0 Å². The van der Waals surface area contributed by atoms with Crippen molar-refractivity contribution in [1.29, 1.82) is 0 Å². The molecule has 1 unspecified atom stereocenters. The molecule has 0 bridgehead atoms. The van der Waals surface area contributed by atoms with E-state index < -0.39 is 0 Å². The highest BCUT2D eigenvalue weighted by molar-refractivity contribution is 7.10. The molecule has 15 heavy (non-hydrogen) atoms. The summed E-state index contributed by atoms with van der Waals surface area (Å²) in [6.07, 6.45) is 1.28. The van der Waals surface area contributed by atoms with Gasteiger partial charge in [-0.25, -0.2) is 0 Å². The summed E-state index contributed by atoms with van der Waals surface area (Å²) in [6, 6.07) is 5.64. The van der Waals surface area contributed by atoms with Gasteiger partial charge in [-0.15, -0.1) is 23.7 Å². The number of thiophene rings is 1. The van der Waals surface area contributed by atoms with Gasteiger partial charge in [-0.3, -0.25) is 4.90 Å². The summed E-state index contributed by atoms with van der Waals surface area (Å²) in [5, 5.41) is 5.57.